The van der Waals surface area contributed by atoms with Crippen LogP contribution in [0.15, 0.2) is 12.4 Å². The van der Waals surface area contributed by atoms with Crippen LogP contribution >= 0.6 is 0 Å². The third kappa shape index (κ3) is 1.54. The normalized spacial score (nSPS) is 9.30. The summed E-state index contributed by atoms with van der Waals surface area (Å²) in [6, 6.07) is -0.00306. The van der Waals surface area contributed by atoms with Crippen LogP contribution in [0.2, 0.25) is 0 Å². The van der Waals surface area contributed by atoms with Gasteiger partial charge in [0.05, 0.1) is 18.1 Å². The van der Waals surface area contributed by atoms with Gasteiger partial charge in [-0.3, -0.25) is 0 Å². The summed E-state index contributed by atoms with van der Waals surface area (Å²) in [6.45, 7) is -0.927. The van der Waals surface area contributed by atoms with Crippen molar-refractivity contribution in [3.63, 3.8) is 0 Å². The van der Waals surface area contributed by atoms with E-state index in [1.807, 2.05) is 0 Å². The van der Waals surface area contributed by atoms with Gasteiger partial charge in [0.1, 0.15) is 0 Å². The molecule has 0 amide bonds. The fourth-order valence-corrected chi connectivity index (χ4v) is 0.450. The SMILES string of the molecule is Nc1cnc(OCF)nc1. The number of hydrogen-bond acceptors (Lipinski definition) is 4. The summed E-state index contributed by atoms with van der Waals surface area (Å²) in [7, 11) is 0. The Morgan fingerprint density at radius 1 is 1.50 bits per heavy atom. The predicted octanol–water partition coefficient (Wildman–Crippen LogP) is 0.365. The lowest BCUT2D eigenvalue weighted by Crippen LogP contribution is -1.96. The fraction of sp³-hybridized carbons (Fsp3) is 0.200. The van der Waals surface area contributed by atoms with Gasteiger partial charge in [-0.1, -0.05) is 0 Å². The first-order valence-corrected chi connectivity index (χ1v) is 2.59. The number of nitrogen functional groups attached to an aromatic ring is 1. The van der Waals surface area contributed by atoms with Crippen molar-refractivity contribution in [2.45, 2.75) is 0 Å². The van der Waals surface area contributed by atoms with E-state index in [0.717, 1.165) is 0 Å². The molecule has 10 heavy (non-hydrogen) atoms. The third-order valence-electron chi connectivity index (χ3n) is 0.832. The van der Waals surface area contributed by atoms with E-state index in [9.17, 15) is 4.39 Å². The number of ether oxygens (including phenoxy) is 1. The molecule has 5 heteroatoms. The summed E-state index contributed by atoms with van der Waals surface area (Å²) >= 11 is 0. The standard InChI is InChI=1S/C5H6FN3O/c6-3-10-5-8-1-4(7)2-9-5/h1-2H,3,7H2. The second-order valence-corrected chi connectivity index (χ2v) is 1.55. The molecule has 0 radical (unpaired) electrons. The molecule has 1 aromatic heterocycles. The predicted molar refractivity (Wildman–Crippen MR) is 33.0 cm³/mol. The Bertz CT molecular complexity index is 201. The Morgan fingerprint density at radius 2 is 2.10 bits per heavy atom. The highest BCUT2D eigenvalue weighted by molar-refractivity contribution is 5.30. The average molecular weight is 143 g/mol. The maximum Gasteiger partial charge on any atom is 0.318 e. The first-order chi connectivity index (χ1) is 4.83. The summed E-state index contributed by atoms with van der Waals surface area (Å²) in [5, 5.41) is 0. The number of anilines is 1. The van der Waals surface area contributed by atoms with E-state index in [4.69, 9.17) is 5.73 Å². The molecule has 1 aromatic rings. The minimum atomic E-state index is -0.927. The zero-order valence-electron chi connectivity index (χ0n) is 5.12. The van der Waals surface area contributed by atoms with Gasteiger partial charge in [0, 0.05) is 0 Å². The molecule has 1 heterocycles. The average Bonchev–Trinajstić information content (AvgIpc) is 1.95. The highest BCUT2D eigenvalue weighted by Crippen LogP contribution is 2.02. The van der Waals surface area contributed by atoms with Crippen LogP contribution in [-0.4, -0.2) is 16.8 Å². The number of halogens is 1. The Kier molecular flexibility index (Phi) is 1.99. The van der Waals surface area contributed by atoms with Crippen LogP contribution in [0.3, 0.4) is 0 Å². The van der Waals surface area contributed by atoms with Crippen LogP contribution in [0.4, 0.5) is 10.1 Å². The third-order valence-corrected chi connectivity index (χ3v) is 0.832. The smallest absolute Gasteiger partial charge is 0.318 e. The number of alkyl halides is 1. The number of aromatic nitrogens is 2. The van der Waals surface area contributed by atoms with Crippen molar-refractivity contribution in [2.75, 3.05) is 12.6 Å². The molecule has 54 valence electrons. The van der Waals surface area contributed by atoms with Crippen molar-refractivity contribution < 1.29 is 9.13 Å². The van der Waals surface area contributed by atoms with Gasteiger partial charge in [0.15, 0.2) is 0 Å². The van der Waals surface area contributed by atoms with Crippen molar-refractivity contribution in [1.29, 1.82) is 0 Å². The van der Waals surface area contributed by atoms with Gasteiger partial charge in [-0.2, -0.15) is 0 Å². The Hall–Kier alpha value is -1.39. The van der Waals surface area contributed by atoms with Gasteiger partial charge in [-0.25, -0.2) is 14.4 Å². The molecule has 4 nitrogen and oxygen atoms in total. The monoisotopic (exact) mass is 143 g/mol. The molecule has 0 aliphatic carbocycles. The van der Waals surface area contributed by atoms with Crippen molar-refractivity contribution >= 4 is 5.69 Å². The molecule has 0 saturated heterocycles. The molecule has 0 saturated carbocycles. The lowest BCUT2D eigenvalue weighted by atomic mass is 10.6. The molecule has 0 atom stereocenters. The summed E-state index contributed by atoms with van der Waals surface area (Å²) in [6.07, 6.45) is 2.69. The lowest BCUT2D eigenvalue weighted by Gasteiger charge is -1.96. The van der Waals surface area contributed by atoms with Gasteiger partial charge >= 0.3 is 6.01 Å². The number of nitrogens with two attached hydrogens (primary N) is 1. The molecule has 2 N–H and O–H groups in total. The maximum absolute atomic E-state index is 11.4. The van der Waals surface area contributed by atoms with Crippen LogP contribution < -0.4 is 10.5 Å². The van der Waals surface area contributed by atoms with E-state index in [2.05, 4.69) is 14.7 Å². The quantitative estimate of drug-likeness (QED) is 0.649. The zero-order chi connectivity index (χ0) is 7.40. The van der Waals surface area contributed by atoms with Crippen LogP contribution in [0.1, 0.15) is 0 Å². The van der Waals surface area contributed by atoms with Gasteiger partial charge in [0.25, 0.3) is 0 Å². The molecule has 0 aliphatic rings. The highest BCUT2D eigenvalue weighted by atomic mass is 19.1. The topological polar surface area (TPSA) is 61.0 Å². The van der Waals surface area contributed by atoms with E-state index in [-0.39, 0.29) is 6.01 Å². The van der Waals surface area contributed by atoms with E-state index in [1.54, 1.807) is 0 Å². The first kappa shape index (κ1) is 6.73. The molecular weight excluding hydrogens is 137 g/mol. The molecule has 0 aliphatic heterocycles. The molecule has 1 rings (SSSR count). The maximum atomic E-state index is 11.4. The van der Waals surface area contributed by atoms with E-state index >= 15 is 0 Å². The van der Waals surface area contributed by atoms with Crippen LogP contribution in [0.5, 0.6) is 6.01 Å². The van der Waals surface area contributed by atoms with Crippen molar-refractivity contribution in [1.82, 2.24) is 9.97 Å². The molecule has 0 unspecified atom stereocenters. The minimum absolute atomic E-state index is 0.00306. The minimum Gasteiger partial charge on any atom is -0.431 e. The molecular formula is C5H6FN3O. The van der Waals surface area contributed by atoms with Crippen molar-refractivity contribution in [3.05, 3.63) is 12.4 Å². The summed E-state index contributed by atoms with van der Waals surface area (Å²) < 4.78 is 15.8. The first-order valence-electron chi connectivity index (χ1n) is 2.59. The summed E-state index contributed by atoms with van der Waals surface area (Å²) in [5.41, 5.74) is 5.67. The Balaban J connectivity index is 2.69. The van der Waals surface area contributed by atoms with E-state index in [1.165, 1.54) is 12.4 Å². The molecule has 0 spiro atoms. The Labute approximate surface area is 56.9 Å². The summed E-state index contributed by atoms with van der Waals surface area (Å²) in [4.78, 5) is 7.14. The van der Waals surface area contributed by atoms with Gasteiger partial charge in [-0.15, -0.1) is 0 Å². The number of nitrogens with zero attached hydrogens (tertiary/aromatic N) is 2. The van der Waals surface area contributed by atoms with Crippen LogP contribution in [0.25, 0.3) is 0 Å². The van der Waals surface area contributed by atoms with Gasteiger partial charge in [-0.05, 0) is 0 Å². The van der Waals surface area contributed by atoms with Crippen LogP contribution in [0, 0.1) is 0 Å². The molecule has 0 fully saturated rings. The van der Waals surface area contributed by atoms with E-state index in [0.29, 0.717) is 5.69 Å². The second-order valence-electron chi connectivity index (χ2n) is 1.55. The molecule has 0 bridgehead atoms. The Morgan fingerprint density at radius 3 is 2.60 bits per heavy atom. The number of rotatable bonds is 2. The van der Waals surface area contributed by atoms with Gasteiger partial charge in [0.2, 0.25) is 6.86 Å². The summed E-state index contributed by atoms with van der Waals surface area (Å²) in [5.74, 6) is 0. The zero-order valence-corrected chi connectivity index (χ0v) is 5.12. The van der Waals surface area contributed by atoms with E-state index < -0.39 is 6.86 Å². The number of hydrogen-bond donors (Lipinski definition) is 1. The lowest BCUT2D eigenvalue weighted by molar-refractivity contribution is 0.177. The largest absolute Gasteiger partial charge is 0.431 e. The van der Waals surface area contributed by atoms with Gasteiger partial charge < -0.3 is 10.5 Å². The molecule has 0 aromatic carbocycles. The fourth-order valence-electron chi connectivity index (χ4n) is 0.450. The van der Waals surface area contributed by atoms with Crippen molar-refractivity contribution in [2.24, 2.45) is 0 Å². The highest BCUT2D eigenvalue weighted by Gasteiger charge is 1.93. The van der Waals surface area contributed by atoms with Crippen molar-refractivity contribution in [3.8, 4) is 6.01 Å². The second kappa shape index (κ2) is 2.95. The van der Waals surface area contributed by atoms with Crippen LogP contribution in [-0.2, 0) is 0 Å².